The molecule has 15 heavy (non-hydrogen) atoms. The van der Waals surface area contributed by atoms with Crippen molar-refractivity contribution in [3.05, 3.63) is 23.2 Å². The Morgan fingerprint density at radius 2 is 2.40 bits per heavy atom. The third-order valence-electron chi connectivity index (χ3n) is 2.12. The molecule has 0 aliphatic heterocycles. The van der Waals surface area contributed by atoms with Crippen LogP contribution in [0.2, 0.25) is 0 Å². The summed E-state index contributed by atoms with van der Waals surface area (Å²) in [6.45, 7) is 4.87. The van der Waals surface area contributed by atoms with E-state index in [1.807, 2.05) is 17.7 Å². The van der Waals surface area contributed by atoms with Gasteiger partial charge < -0.3 is 5.73 Å². The van der Waals surface area contributed by atoms with Crippen LogP contribution in [0.4, 0.5) is 5.69 Å². The van der Waals surface area contributed by atoms with E-state index in [-0.39, 0.29) is 0 Å². The summed E-state index contributed by atoms with van der Waals surface area (Å²) in [5.74, 6) is 0. The third kappa shape index (κ3) is 2.03. The number of nitrogen functional groups attached to an aromatic ring is 1. The average Bonchev–Trinajstić information content (AvgIpc) is 2.82. The summed E-state index contributed by atoms with van der Waals surface area (Å²) in [4.78, 5) is 0. The number of aryl methyl sites for hydroxylation is 2. The summed E-state index contributed by atoms with van der Waals surface area (Å²) in [7, 11) is 0. The maximum atomic E-state index is 6.00. The smallest absolute Gasteiger partial charge is 0.123 e. The van der Waals surface area contributed by atoms with Gasteiger partial charge in [-0.25, -0.2) is 0 Å². The minimum atomic E-state index is 0.801. The molecule has 0 amide bonds. The van der Waals surface area contributed by atoms with Crippen molar-refractivity contribution in [3.63, 3.8) is 0 Å². The fourth-order valence-corrected chi connectivity index (χ4v) is 3.23. The van der Waals surface area contributed by atoms with Crippen LogP contribution in [-0.4, -0.2) is 9.78 Å². The first kappa shape index (κ1) is 10.6. The molecule has 0 saturated heterocycles. The lowest BCUT2D eigenvalue weighted by Crippen LogP contribution is -1.98. The summed E-state index contributed by atoms with van der Waals surface area (Å²) in [5, 5.41) is 7.51. The molecule has 0 aliphatic rings. The normalized spacial score (nSPS) is 10.8. The van der Waals surface area contributed by atoms with Crippen molar-refractivity contribution in [1.29, 1.82) is 0 Å². The monoisotopic (exact) mass is 239 g/mol. The summed E-state index contributed by atoms with van der Waals surface area (Å²) in [6.07, 6.45) is 0. The summed E-state index contributed by atoms with van der Waals surface area (Å²) in [5.41, 5.74) is 7.71. The summed E-state index contributed by atoms with van der Waals surface area (Å²) >= 11 is 3.41. The van der Waals surface area contributed by atoms with E-state index in [9.17, 15) is 0 Å². The van der Waals surface area contributed by atoms with Crippen LogP contribution in [-0.2, 0) is 6.54 Å². The fourth-order valence-electron chi connectivity index (χ4n) is 1.31. The topological polar surface area (TPSA) is 43.8 Å². The van der Waals surface area contributed by atoms with E-state index in [0.717, 1.165) is 23.0 Å². The minimum Gasteiger partial charge on any atom is -0.395 e. The van der Waals surface area contributed by atoms with E-state index in [4.69, 9.17) is 5.73 Å². The zero-order valence-corrected chi connectivity index (χ0v) is 10.4. The summed E-state index contributed by atoms with van der Waals surface area (Å²) < 4.78 is 3.20. The van der Waals surface area contributed by atoms with Crippen LogP contribution in [0.3, 0.4) is 0 Å². The van der Waals surface area contributed by atoms with Crippen LogP contribution in [0, 0.1) is 6.92 Å². The molecule has 2 aromatic rings. The number of anilines is 1. The van der Waals surface area contributed by atoms with Crippen LogP contribution < -0.4 is 5.73 Å². The number of hydrogen-bond donors (Lipinski definition) is 1. The first-order chi connectivity index (χ1) is 7.22. The second kappa shape index (κ2) is 4.28. The van der Waals surface area contributed by atoms with Gasteiger partial charge >= 0.3 is 0 Å². The second-order valence-corrected chi connectivity index (χ2v) is 5.39. The molecule has 5 heteroatoms. The molecule has 0 bridgehead atoms. The van der Waals surface area contributed by atoms with E-state index in [2.05, 4.69) is 23.5 Å². The lowest BCUT2D eigenvalue weighted by atomic mass is 10.4. The molecule has 0 atom stereocenters. The molecule has 80 valence electrons. The maximum absolute atomic E-state index is 6.00. The number of nitrogens with zero attached hydrogens (tertiary/aromatic N) is 2. The Bertz CT molecular complexity index is 445. The van der Waals surface area contributed by atoms with Gasteiger partial charge in [0.2, 0.25) is 0 Å². The largest absolute Gasteiger partial charge is 0.395 e. The van der Waals surface area contributed by atoms with Crippen molar-refractivity contribution >= 4 is 28.8 Å². The van der Waals surface area contributed by atoms with Gasteiger partial charge in [-0.1, -0.05) is 17.8 Å². The average molecular weight is 239 g/mol. The van der Waals surface area contributed by atoms with Crippen molar-refractivity contribution in [3.8, 4) is 0 Å². The number of aromatic nitrogens is 2. The van der Waals surface area contributed by atoms with Crippen LogP contribution in [0.25, 0.3) is 0 Å². The quantitative estimate of drug-likeness (QED) is 0.895. The van der Waals surface area contributed by atoms with Gasteiger partial charge in [0.15, 0.2) is 0 Å². The van der Waals surface area contributed by atoms with E-state index >= 15 is 0 Å². The Hall–Kier alpha value is -0.940. The molecule has 0 unspecified atom stereocenters. The number of rotatable bonds is 3. The molecule has 0 fully saturated rings. The van der Waals surface area contributed by atoms with Crippen LogP contribution in [0.5, 0.6) is 0 Å². The Balaban J connectivity index is 2.34. The number of hydrogen-bond acceptors (Lipinski definition) is 4. The van der Waals surface area contributed by atoms with Gasteiger partial charge in [0.05, 0.1) is 15.6 Å². The molecule has 2 heterocycles. The first-order valence-corrected chi connectivity index (χ1v) is 6.46. The molecule has 2 rings (SSSR count). The van der Waals surface area contributed by atoms with Gasteiger partial charge in [-0.3, -0.25) is 4.68 Å². The molecular weight excluding hydrogens is 226 g/mol. The predicted molar refractivity (Wildman–Crippen MR) is 65.5 cm³/mol. The number of thiophene rings is 1. The number of nitrogens with two attached hydrogens (primary N) is 1. The Morgan fingerprint density at radius 1 is 1.60 bits per heavy atom. The lowest BCUT2D eigenvalue weighted by Gasteiger charge is -2.02. The highest BCUT2D eigenvalue weighted by Crippen LogP contribution is 2.35. The van der Waals surface area contributed by atoms with Crippen molar-refractivity contribution in [2.75, 3.05) is 5.73 Å². The van der Waals surface area contributed by atoms with Gasteiger partial charge in [-0.15, -0.1) is 11.3 Å². The Morgan fingerprint density at radius 3 is 3.00 bits per heavy atom. The highest BCUT2D eigenvalue weighted by atomic mass is 32.2. The lowest BCUT2D eigenvalue weighted by molar-refractivity contribution is 0.602. The van der Waals surface area contributed by atoms with E-state index in [1.165, 1.54) is 4.21 Å². The van der Waals surface area contributed by atoms with E-state index in [1.54, 1.807) is 23.1 Å². The van der Waals surface area contributed by atoms with Gasteiger partial charge in [0, 0.05) is 6.54 Å². The third-order valence-corrected chi connectivity index (χ3v) is 4.28. The zero-order valence-electron chi connectivity index (χ0n) is 8.73. The molecule has 0 aromatic carbocycles. The minimum absolute atomic E-state index is 0.801. The van der Waals surface area contributed by atoms with Gasteiger partial charge in [-0.2, -0.15) is 5.10 Å². The molecular formula is C10H13N3S2. The highest BCUT2D eigenvalue weighted by Gasteiger charge is 2.12. The molecule has 0 spiro atoms. The van der Waals surface area contributed by atoms with E-state index < -0.39 is 0 Å². The van der Waals surface area contributed by atoms with Gasteiger partial charge in [-0.05, 0) is 25.3 Å². The molecule has 0 aliphatic carbocycles. The van der Waals surface area contributed by atoms with Gasteiger partial charge in [0.25, 0.3) is 0 Å². The molecule has 2 aromatic heterocycles. The highest BCUT2D eigenvalue weighted by molar-refractivity contribution is 8.01. The molecule has 2 N–H and O–H groups in total. The van der Waals surface area contributed by atoms with Gasteiger partial charge in [0.1, 0.15) is 5.03 Å². The van der Waals surface area contributed by atoms with Crippen LogP contribution >= 0.6 is 23.1 Å². The fraction of sp³-hybridized carbons (Fsp3) is 0.300. The Kier molecular flexibility index (Phi) is 3.02. The van der Waals surface area contributed by atoms with Crippen molar-refractivity contribution < 1.29 is 0 Å². The molecule has 3 nitrogen and oxygen atoms in total. The van der Waals surface area contributed by atoms with Crippen molar-refractivity contribution in [2.24, 2.45) is 0 Å². The van der Waals surface area contributed by atoms with Crippen molar-refractivity contribution in [1.82, 2.24) is 9.78 Å². The first-order valence-electron chi connectivity index (χ1n) is 4.76. The Labute approximate surface area is 97.3 Å². The summed E-state index contributed by atoms with van der Waals surface area (Å²) in [6, 6.07) is 4.14. The SMILES string of the molecule is CCn1nc(C)c(N)c1Sc1cccs1. The zero-order chi connectivity index (χ0) is 10.8. The maximum Gasteiger partial charge on any atom is 0.123 e. The van der Waals surface area contributed by atoms with Crippen molar-refractivity contribution in [2.45, 2.75) is 29.6 Å². The van der Waals surface area contributed by atoms with E-state index in [0.29, 0.717) is 0 Å². The predicted octanol–water partition coefficient (Wildman–Crippen LogP) is 3.01. The van der Waals surface area contributed by atoms with Crippen LogP contribution in [0.15, 0.2) is 26.7 Å². The standard InChI is InChI=1S/C10H13N3S2/c1-3-13-10(9(11)7(2)12-13)15-8-5-4-6-14-8/h4-6H,3,11H2,1-2H3. The molecule has 0 saturated carbocycles. The van der Waals surface area contributed by atoms with Crippen LogP contribution in [0.1, 0.15) is 12.6 Å². The molecule has 0 radical (unpaired) electrons. The second-order valence-electron chi connectivity index (χ2n) is 3.15.